The monoisotopic (exact) mass is 240 g/mol. The Morgan fingerprint density at radius 3 is 2.00 bits per heavy atom. The van der Waals surface area contributed by atoms with Crippen molar-refractivity contribution in [1.82, 2.24) is 0 Å². The molecule has 14 heavy (non-hydrogen) atoms. The zero-order chi connectivity index (χ0) is 9.10. The molecule has 0 aliphatic heterocycles. The van der Waals surface area contributed by atoms with E-state index in [9.17, 15) is 0 Å². The SMILES string of the molecule is Brc1ccccc1-c1ccccc1.[H-].[Li+]. The molecular weight excluding hydrogens is 231 g/mol. The third-order valence-corrected chi connectivity index (χ3v) is 2.65. The Kier molecular flexibility index (Phi) is 4.48. The molecule has 0 N–H and O–H groups in total. The van der Waals surface area contributed by atoms with Gasteiger partial charge in [-0.05, 0) is 17.2 Å². The summed E-state index contributed by atoms with van der Waals surface area (Å²) in [4.78, 5) is 0. The van der Waals surface area contributed by atoms with E-state index in [4.69, 9.17) is 0 Å². The van der Waals surface area contributed by atoms with Gasteiger partial charge in [-0.3, -0.25) is 0 Å². The second-order valence-corrected chi connectivity index (χ2v) is 3.70. The van der Waals surface area contributed by atoms with Gasteiger partial charge in [0.2, 0.25) is 0 Å². The van der Waals surface area contributed by atoms with E-state index < -0.39 is 0 Å². The molecule has 2 heteroatoms. The van der Waals surface area contributed by atoms with Crippen LogP contribution in [0.25, 0.3) is 11.1 Å². The van der Waals surface area contributed by atoms with Gasteiger partial charge in [0.25, 0.3) is 0 Å². The number of hydrogen-bond acceptors (Lipinski definition) is 0. The van der Waals surface area contributed by atoms with Crippen molar-refractivity contribution in [2.45, 2.75) is 0 Å². The van der Waals surface area contributed by atoms with E-state index in [0.717, 1.165) is 4.47 Å². The molecule has 0 bridgehead atoms. The van der Waals surface area contributed by atoms with E-state index >= 15 is 0 Å². The Bertz CT molecular complexity index is 403. The van der Waals surface area contributed by atoms with Gasteiger partial charge in [0.1, 0.15) is 0 Å². The standard InChI is InChI=1S/C12H9Br.Li.H/c13-12-9-5-4-8-11(12)10-6-2-1-3-7-10;;/h1-9H;;/q;+1;-1. The van der Waals surface area contributed by atoms with E-state index in [1.54, 1.807) is 0 Å². The van der Waals surface area contributed by atoms with Gasteiger partial charge in [0.05, 0.1) is 0 Å². The van der Waals surface area contributed by atoms with Gasteiger partial charge in [-0.2, -0.15) is 0 Å². The third kappa shape index (κ3) is 2.51. The molecule has 2 aromatic rings. The molecule has 0 saturated carbocycles. The van der Waals surface area contributed by atoms with Crippen molar-refractivity contribution in [3.63, 3.8) is 0 Å². The summed E-state index contributed by atoms with van der Waals surface area (Å²) in [5.41, 5.74) is 2.48. The normalized spacial score (nSPS) is 9.21. The minimum absolute atomic E-state index is 0. The molecular formula is C12H10BrLi. The summed E-state index contributed by atoms with van der Waals surface area (Å²) < 4.78 is 1.14. The van der Waals surface area contributed by atoms with Crippen LogP contribution < -0.4 is 18.9 Å². The molecule has 2 rings (SSSR count). The van der Waals surface area contributed by atoms with E-state index in [1.807, 2.05) is 18.2 Å². The van der Waals surface area contributed by atoms with Crippen LogP contribution in [-0.4, -0.2) is 0 Å². The van der Waals surface area contributed by atoms with Crippen LogP contribution in [0.1, 0.15) is 1.43 Å². The molecule has 0 heterocycles. The Morgan fingerprint density at radius 1 is 0.786 bits per heavy atom. The maximum atomic E-state index is 3.53. The van der Waals surface area contributed by atoms with Crippen molar-refractivity contribution < 1.29 is 20.3 Å². The fourth-order valence-corrected chi connectivity index (χ4v) is 1.83. The van der Waals surface area contributed by atoms with E-state index in [1.165, 1.54) is 11.1 Å². The topological polar surface area (TPSA) is 0 Å². The number of halogens is 1. The quantitative estimate of drug-likeness (QED) is 0.659. The summed E-state index contributed by atoms with van der Waals surface area (Å²) >= 11 is 3.53. The Hall–Kier alpha value is -0.483. The predicted octanol–water partition coefficient (Wildman–Crippen LogP) is 1.23. The molecule has 0 fully saturated rings. The molecule has 0 nitrogen and oxygen atoms in total. The van der Waals surface area contributed by atoms with Crippen LogP contribution in [0.3, 0.4) is 0 Å². The van der Waals surface area contributed by atoms with Crippen molar-refractivity contribution >= 4 is 15.9 Å². The van der Waals surface area contributed by atoms with E-state index in [-0.39, 0.29) is 20.3 Å². The Labute approximate surface area is 106 Å². The number of hydrogen-bond donors (Lipinski definition) is 0. The van der Waals surface area contributed by atoms with Gasteiger partial charge in [0, 0.05) is 4.47 Å². The van der Waals surface area contributed by atoms with Crippen LogP contribution in [0.2, 0.25) is 0 Å². The summed E-state index contributed by atoms with van der Waals surface area (Å²) in [6, 6.07) is 18.6. The van der Waals surface area contributed by atoms with E-state index in [0.29, 0.717) is 0 Å². The van der Waals surface area contributed by atoms with Crippen molar-refractivity contribution in [3.8, 4) is 11.1 Å². The number of rotatable bonds is 1. The first-order valence-electron chi connectivity index (χ1n) is 4.18. The smallest absolute Gasteiger partial charge is 1.00 e. The van der Waals surface area contributed by atoms with Crippen LogP contribution in [0, 0.1) is 0 Å². The van der Waals surface area contributed by atoms with Gasteiger partial charge in [0.15, 0.2) is 0 Å². The van der Waals surface area contributed by atoms with Crippen LogP contribution in [0.5, 0.6) is 0 Å². The summed E-state index contributed by atoms with van der Waals surface area (Å²) in [7, 11) is 0. The second kappa shape index (κ2) is 5.41. The molecule has 0 saturated heterocycles. The van der Waals surface area contributed by atoms with Gasteiger partial charge >= 0.3 is 18.9 Å². The number of benzene rings is 2. The van der Waals surface area contributed by atoms with Crippen molar-refractivity contribution in [2.75, 3.05) is 0 Å². The maximum absolute atomic E-state index is 3.53. The van der Waals surface area contributed by atoms with Crippen molar-refractivity contribution in [3.05, 3.63) is 59.1 Å². The zero-order valence-corrected chi connectivity index (χ0v) is 9.66. The average molecular weight is 241 g/mol. The van der Waals surface area contributed by atoms with Gasteiger partial charge in [-0.15, -0.1) is 0 Å². The Morgan fingerprint density at radius 2 is 1.36 bits per heavy atom. The molecule has 0 amide bonds. The van der Waals surface area contributed by atoms with Crippen LogP contribution >= 0.6 is 15.9 Å². The summed E-state index contributed by atoms with van der Waals surface area (Å²) in [5.74, 6) is 0. The summed E-state index contributed by atoms with van der Waals surface area (Å²) in [6.45, 7) is 0. The summed E-state index contributed by atoms with van der Waals surface area (Å²) in [5, 5.41) is 0. The predicted molar refractivity (Wildman–Crippen MR) is 60.7 cm³/mol. The molecule has 2 aromatic carbocycles. The van der Waals surface area contributed by atoms with Gasteiger partial charge in [-0.1, -0.05) is 64.5 Å². The molecule has 0 aromatic heterocycles. The molecule has 0 atom stereocenters. The zero-order valence-electron chi connectivity index (χ0n) is 9.07. The first kappa shape index (κ1) is 11.6. The maximum Gasteiger partial charge on any atom is 1.00 e. The fourth-order valence-electron chi connectivity index (χ4n) is 1.31. The van der Waals surface area contributed by atoms with Gasteiger partial charge in [-0.25, -0.2) is 0 Å². The first-order chi connectivity index (χ1) is 6.38. The van der Waals surface area contributed by atoms with Crippen molar-refractivity contribution in [2.24, 2.45) is 0 Å². The molecule has 0 aliphatic carbocycles. The third-order valence-electron chi connectivity index (χ3n) is 1.96. The molecule has 0 radical (unpaired) electrons. The molecule has 66 valence electrons. The van der Waals surface area contributed by atoms with Gasteiger partial charge < -0.3 is 1.43 Å². The Balaban J connectivity index is 0.000000980. The molecule has 0 spiro atoms. The van der Waals surface area contributed by atoms with E-state index in [2.05, 4.69) is 52.3 Å². The van der Waals surface area contributed by atoms with Crippen LogP contribution in [-0.2, 0) is 0 Å². The molecule has 0 unspecified atom stereocenters. The average Bonchev–Trinajstić information content (AvgIpc) is 2.20. The second-order valence-electron chi connectivity index (χ2n) is 2.85. The van der Waals surface area contributed by atoms with Crippen LogP contribution in [0.4, 0.5) is 0 Å². The first-order valence-corrected chi connectivity index (χ1v) is 4.97. The van der Waals surface area contributed by atoms with Crippen LogP contribution in [0.15, 0.2) is 59.1 Å². The largest absolute Gasteiger partial charge is 1.00 e. The minimum atomic E-state index is 0. The summed E-state index contributed by atoms with van der Waals surface area (Å²) in [6.07, 6.45) is 0. The minimum Gasteiger partial charge on any atom is -1.00 e. The molecule has 0 aliphatic rings. The van der Waals surface area contributed by atoms with Crippen molar-refractivity contribution in [1.29, 1.82) is 0 Å². The fraction of sp³-hybridized carbons (Fsp3) is 0.